The molecule has 1 aromatic heterocycles. The Balaban J connectivity index is 1.54. The van der Waals surface area contributed by atoms with Crippen LogP contribution in [0.2, 0.25) is 0 Å². The number of sulfonamides is 1. The van der Waals surface area contributed by atoms with Crippen LogP contribution in [0, 0.1) is 5.92 Å². The molecule has 0 spiro atoms. The van der Waals surface area contributed by atoms with Crippen LogP contribution >= 0.6 is 0 Å². The van der Waals surface area contributed by atoms with E-state index in [1.165, 1.54) is 18.9 Å². The van der Waals surface area contributed by atoms with Crippen molar-refractivity contribution in [3.05, 3.63) is 23.3 Å². The topological polar surface area (TPSA) is 153 Å². The Kier molecular flexibility index (Phi) is 7.79. The lowest BCUT2D eigenvalue weighted by atomic mass is 9.78. The highest BCUT2D eigenvalue weighted by atomic mass is 32.2. The molecule has 2 fully saturated rings. The number of alkyl halides is 3. The Labute approximate surface area is 202 Å². The van der Waals surface area contributed by atoms with E-state index in [9.17, 15) is 21.6 Å². The van der Waals surface area contributed by atoms with Gasteiger partial charge >= 0.3 is 6.18 Å². The van der Waals surface area contributed by atoms with E-state index in [0.717, 1.165) is 44.7 Å². The number of hydrogen-bond acceptors (Lipinski definition) is 7. The zero-order valence-corrected chi connectivity index (χ0v) is 20.2. The molecule has 2 aromatic rings. The van der Waals surface area contributed by atoms with Gasteiger partial charge in [-0.1, -0.05) is 6.07 Å². The van der Waals surface area contributed by atoms with Crippen molar-refractivity contribution in [1.29, 1.82) is 0 Å². The van der Waals surface area contributed by atoms with E-state index in [1.807, 2.05) is 0 Å². The molecule has 194 valence electrons. The molecule has 0 unspecified atom stereocenters. The molecule has 2 saturated carbocycles. The average Bonchev–Trinajstić information content (AvgIpc) is 3.34. The Morgan fingerprint density at radius 1 is 1.03 bits per heavy atom. The van der Waals surface area contributed by atoms with Crippen molar-refractivity contribution in [3.8, 4) is 11.4 Å². The molecule has 0 saturated heterocycles. The Morgan fingerprint density at radius 2 is 1.66 bits per heavy atom. The number of nitrogens with two attached hydrogens (primary N) is 2. The Hall–Kier alpha value is -2.09. The van der Waals surface area contributed by atoms with Crippen molar-refractivity contribution in [1.82, 2.24) is 25.9 Å². The quantitative estimate of drug-likeness (QED) is 0.442. The first-order valence-corrected chi connectivity index (χ1v) is 13.6. The van der Waals surface area contributed by atoms with Crippen LogP contribution < -0.4 is 16.2 Å². The third-order valence-electron chi connectivity index (χ3n) is 7.42. The number of benzene rings is 1. The predicted octanol–water partition coefficient (Wildman–Crippen LogP) is 3.06. The van der Waals surface area contributed by atoms with Crippen molar-refractivity contribution in [2.75, 3.05) is 6.54 Å². The largest absolute Gasteiger partial charge is 0.417 e. The predicted molar refractivity (Wildman–Crippen MR) is 124 cm³/mol. The van der Waals surface area contributed by atoms with E-state index in [2.05, 4.69) is 25.9 Å². The molecule has 6 N–H and O–H groups in total. The van der Waals surface area contributed by atoms with Gasteiger partial charge in [0.2, 0.25) is 10.0 Å². The maximum atomic E-state index is 13.7. The summed E-state index contributed by atoms with van der Waals surface area (Å²) in [6.45, 7) is 0.732. The summed E-state index contributed by atoms with van der Waals surface area (Å²) in [5.41, 5.74) is 4.63. The molecule has 35 heavy (non-hydrogen) atoms. The standard InChI is InChI=1S/C22H32F3N7O2S/c23-22(24,25)18-10-9-17(19(20(18)35(27,33)34)21-29-31-32-30-21)14-3-7-16(8-4-14)28-15-5-1-13(2-6-15)11-12-26/h9-10,13-16,28H,1-8,11-12,26H2,(H2,27,33,34)(H,29,30,31,32)/t13?,14-,15?,16-. The first kappa shape index (κ1) is 26.0. The van der Waals surface area contributed by atoms with Gasteiger partial charge in [-0.05, 0) is 98.2 Å². The molecule has 1 aromatic carbocycles. The van der Waals surface area contributed by atoms with Crippen molar-refractivity contribution in [3.63, 3.8) is 0 Å². The highest BCUT2D eigenvalue weighted by molar-refractivity contribution is 7.89. The Morgan fingerprint density at radius 3 is 2.17 bits per heavy atom. The maximum absolute atomic E-state index is 13.7. The van der Waals surface area contributed by atoms with E-state index in [1.54, 1.807) is 0 Å². The highest BCUT2D eigenvalue weighted by Crippen LogP contribution is 2.44. The number of H-pyrrole nitrogens is 1. The lowest BCUT2D eigenvalue weighted by molar-refractivity contribution is -0.139. The number of aromatic amines is 1. The van der Waals surface area contributed by atoms with Crippen molar-refractivity contribution in [2.24, 2.45) is 16.8 Å². The number of nitrogens with zero attached hydrogens (tertiary/aromatic N) is 3. The lowest BCUT2D eigenvalue weighted by Crippen LogP contribution is -2.42. The van der Waals surface area contributed by atoms with Crippen molar-refractivity contribution in [2.45, 2.75) is 86.9 Å². The third-order valence-corrected chi connectivity index (χ3v) is 8.42. The molecule has 4 rings (SSSR count). The van der Waals surface area contributed by atoms with Crippen LogP contribution in [0.1, 0.15) is 74.8 Å². The number of halogens is 3. The zero-order chi connectivity index (χ0) is 25.2. The normalized spacial score (nSPS) is 26.1. The number of tetrazole rings is 1. The summed E-state index contributed by atoms with van der Waals surface area (Å²) in [6, 6.07) is 2.94. The van der Waals surface area contributed by atoms with E-state index in [-0.39, 0.29) is 17.3 Å². The fourth-order valence-corrected chi connectivity index (χ4v) is 6.71. The average molecular weight is 516 g/mol. The molecular formula is C22H32F3N7O2S. The summed E-state index contributed by atoms with van der Waals surface area (Å²) in [7, 11) is -4.73. The van der Waals surface area contributed by atoms with Gasteiger partial charge in [0.15, 0.2) is 5.82 Å². The first-order chi connectivity index (χ1) is 16.6. The van der Waals surface area contributed by atoms with Gasteiger partial charge in [-0.2, -0.15) is 13.2 Å². The number of primary sulfonamides is 1. The summed E-state index contributed by atoms with van der Waals surface area (Å²) in [4.78, 5) is -0.990. The monoisotopic (exact) mass is 515 g/mol. The van der Waals surface area contributed by atoms with Crippen molar-refractivity contribution < 1.29 is 21.6 Å². The zero-order valence-electron chi connectivity index (χ0n) is 19.4. The SMILES string of the molecule is NCCC1CCC(N[C@H]2CC[C@H](c3ccc(C(F)(F)F)c(S(N)(=O)=O)c3-c3nnn[nH]3)CC2)CC1. The summed E-state index contributed by atoms with van der Waals surface area (Å²) >= 11 is 0. The number of hydrogen-bond donors (Lipinski definition) is 4. The van der Waals surface area contributed by atoms with Crippen LogP contribution in [0.4, 0.5) is 13.2 Å². The van der Waals surface area contributed by atoms with Gasteiger partial charge in [-0.15, -0.1) is 5.10 Å². The number of rotatable bonds is 7. The summed E-state index contributed by atoms with van der Waals surface area (Å²) in [5.74, 6) is 0.423. The van der Waals surface area contributed by atoms with Crippen LogP contribution in [0.25, 0.3) is 11.4 Å². The fraction of sp³-hybridized carbons (Fsp3) is 0.682. The second kappa shape index (κ2) is 10.5. The first-order valence-electron chi connectivity index (χ1n) is 12.0. The van der Waals surface area contributed by atoms with Crippen LogP contribution in [0.15, 0.2) is 17.0 Å². The molecule has 2 aliphatic rings. The Bertz CT molecular complexity index is 1090. The number of nitrogens with one attached hydrogen (secondary N) is 2. The molecule has 2 aliphatic carbocycles. The maximum Gasteiger partial charge on any atom is 0.417 e. The van der Waals surface area contributed by atoms with Crippen LogP contribution in [0.5, 0.6) is 0 Å². The van der Waals surface area contributed by atoms with Gasteiger partial charge in [-0.25, -0.2) is 18.7 Å². The number of aromatic nitrogens is 4. The van der Waals surface area contributed by atoms with Crippen LogP contribution in [0.3, 0.4) is 0 Å². The van der Waals surface area contributed by atoms with Gasteiger partial charge in [-0.3, -0.25) is 0 Å². The minimum Gasteiger partial charge on any atom is -0.330 e. The second-order valence-corrected chi connectivity index (χ2v) is 11.2. The summed E-state index contributed by atoms with van der Waals surface area (Å²) in [6.07, 6.45) is 3.87. The van der Waals surface area contributed by atoms with Gasteiger partial charge in [0.25, 0.3) is 0 Å². The minimum atomic E-state index is -4.91. The molecule has 0 atom stereocenters. The van der Waals surface area contributed by atoms with Crippen molar-refractivity contribution >= 4 is 10.0 Å². The highest BCUT2D eigenvalue weighted by Gasteiger charge is 2.40. The van der Waals surface area contributed by atoms with E-state index in [0.29, 0.717) is 36.4 Å². The van der Waals surface area contributed by atoms with E-state index >= 15 is 0 Å². The second-order valence-electron chi connectivity index (χ2n) is 9.71. The van der Waals surface area contributed by atoms with Gasteiger partial charge in [0.05, 0.1) is 5.56 Å². The van der Waals surface area contributed by atoms with Gasteiger partial charge < -0.3 is 11.1 Å². The third kappa shape index (κ3) is 6.01. The molecule has 0 radical (unpaired) electrons. The smallest absolute Gasteiger partial charge is 0.330 e. The minimum absolute atomic E-state index is 0.142. The van der Waals surface area contributed by atoms with E-state index in [4.69, 9.17) is 10.9 Å². The van der Waals surface area contributed by atoms with Gasteiger partial charge in [0, 0.05) is 17.6 Å². The molecule has 0 bridgehead atoms. The summed E-state index contributed by atoms with van der Waals surface area (Å²) < 4.78 is 65.9. The van der Waals surface area contributed by atoms with Crippen LogP contribution in [-0.2, 0) is 16.2 Å². The molecular weight excluding hydrogens is 483 g/mol. The van der Waals surface area contributed by atoms with E-state index < -0.39 is 26.7 Å². The lowest BCUT2D eigenvalue weighted by Gasteiger charge is -2.36. The molecule has 0 aliphatic heterocycles. The van der Waals surface area contributed by atoms with Crippen LogP contribution in [-0.4, -0.2) is 47.7 Å². The summed E-state index contributed by atoms with van der Waals surface area (Å²) in [5, 5.41) is 22.1. The molecule has 0 amide bonds. The fourth-order valence-electron chi connectivity index (χ4n) is 5.72. The molecule has 13 heteroatoms. The molecule has 9 nitrogen and oxygen atoms in total. The van der Waals surface area contributed by atoms with Gasteiger partial charge in [0.1, 0.15) is 4.90 Å². The molecule has 1 heterocycles.